The molecule has 0 aliphatic carbocycles. The van der Waals surface area contributed by atoms with E-state index in [0.29, 0.717) is 11.6 Å². The van der Waals surface area contributed by atoms with Gasteiger partial charge in [0.25, 0.3) is 0 Å². The Bertz CT molecular complexity index is 954. The van der Waals surface area contributed by atoms with E-state index in [2.05, 4.69) is 14.8 Å². The van der Waals surface area contributed by atoms with E-state index in [1.54, 1.807) is 42.2 Å². The lowest BCUT2D eigenvalue weighted by atomic mass is 10.1. The Hall–Kier alpha value is -2.65. The second-order valence-corrected chi connectivity index (χ2v) is 7.09. The normalized spacial score (nSPS) is 12.9. The molecule has 3 aromatic rings. The summed E-state index contributed by atoms with van der Waals surface area (Å²) in [6.07, 6.45) is 2.95. The highest BCUT2D eigenvalue weighted by Crippen LogP contribution is 2.20. The van der Waals surface area contributed by atoms with Gasteiger partial charge in [-0.3, -0.25) is 0 Å². The van der Waals surface area contributed by atoms with Crippen LogP contribution in [0.15, 0.2) is 60.0 Å². The fourth-order valence-corrected chi connectivity index (χ4v) is 3.58. The predicted molar refractivity (Wildman–Crippen MR) is 86.5 cm³/mol. The van der Waals surface area contributed by atoms with Crippen LogP contribution in [-0.2, 0) is 10.0 Å². The Morgan fingerprint density at radius 3 is 2.28 bits per heavy atom. The van der Waals surface area contributed by atoms with Gasteiger partial charge in [-0.05, 0) is 36.8 Å². The largest absolute Gasteiger partial charge is 0.241 e. The van der Waals surface area contributed by atoms with Gasteiger partial charge in [0.05, 0.1) is 10.6 Å². The molecule has 2 aromatic carbocycles. The topological polar surface area (TPSA) is 76.9 Å². The zero-order chi connectivity index (χ0) is 18.0. The third-order valence-electron chi connectivity index (χ3n) is 3.55. The number of sulfonamides is 1. The van der Waals surface area contributed by atoms with Crippen LogP contribution in [0.3, 0.4) is 0 Å². The van der Waals surface area contributed by atoms with E-state index in [0.717, 1.165) is 17.8 Å². The zero-order valence-corrected chi connectivity index (χ0v) is 13.9. The van der Waals surface area contributed by atoms with Crippen LogP contribution in [0.4, 0.5) is 8.78 Å². The van der Waals surface area contributed by atoms with E-state index in [4.69, 9.17) is 0 Å². The van der Waals surface area contributed by atoms with Gasteiger partial charge in [0.15, 0.2) is 0 Å². The summed E-state index contributed by atoms with van der Waals surface area (Å²) in [6, 6.07) is 8.55. The molecule has 0 aliphatic rings. The van der Waals surface area contributed by atoms with E-state index >= 15 is 0 Å². The summed E-state index contributed by atoms with van der Waals surface area (Å²) < 4.78 is 55.1. The third-order valence-corrected chi connectivity index (χ3v) is 5.07. The van der Waals surface area contributed by atoms with Gasteiger partial charge >= 0.3 is 0 Å². The highest BCUT2D eigenvalue weighted by atomic mass is 32.2. The van der Waals surface area contributed by atoms with Gasteiger partial charge in [-0.15, -0.1) is 0 Å². The Balaban J connectivity index is 1.80. The molecule has 130 valence electrons. The van der Waals surface area contributed by atoms with Crippen LogP contribution in [0.25, 0.3) is 5.69 Å². The number of nitrogens with zero attached hydrogens (tertiary/aromatic N) is 3. The quantitative estimate of drug-likeness (QED) is 0.755. The number of halogens is 2. The van der Waals surface area contributed by atoms with Gasteiger partial charge < -0.3 is 0 Å². The van der Waals surface area contributed by atoms with Gasteiger partial charge in [0, 0.05) is 12.1 Å². The van der Waals surface area contributed by atoms with Crippen molar-refractivity contribution < 1.29 is 17.2 Å². The molecular formula is C16H14F2N4O2S. The minimum atomic E-state index is -4.06. The minimum absolute atomic E-state index is 0.462. The van der Waals surface area contributed by atoms with E-state index in [1.165, 1.54) is 6.33 Å². The van der Waals surface area contributed by atoms with Crippen LogP contribution in [0, 0.1) is 11.6 Å². The number of hydrogen-bond donors (Lipinski definition) is 1. The first-order valence-corrected chi connectivity index (χ1v) is 8.77. The summed E-state index contributed by atoms with van der Waals surface area (Å²) >= 11 is 0. The van der Waals surface area contributed by atoms with Crippen LogP contribution in [0.5, 0.6) is 0 Å². The Morgan fingerprint density at radius 1 is 1.08 bits per heavy atom. The highest BCUT2D eigenvalue weighted by Gasteiger charge is 2.20. The minimum Gasteiger partial charge on any atom is -0.223 e. The first-order chi connectivity index (χ1) is 11.8. The van der Waals surface area contributed by atoms with Gasteiger partial charge in [-0.25, -0.2) is 31.6 Å². The molecule has 1 atom stereocenters. The molecule has 0 bridgehead atoms. The molecule has 0 amide bonds. The molecule has 0 aliphatic heterocycles. The monoisotopic (exact) mass is 364 g/mol. The summed E-state index contributed by atoms with van der Waals surface area (Å²) in [5.74, 6) is -1.91. The summed E-state index contributed by atoms with van der Waals surface area (Å²) in [5, 5.41) is 4.00. The van der Waals surface area contributed by atoms with E-state index < -0.39 is 32.6 Å². The van der Waals surface area contributed by atoms with Crippen molar-refractivity contribution in [3.05, 3.63) is 72.3 Å². The maximum Gasteiger partial charge on any atom is 0.241 e. The van der Waals surface area contributed by atoms with E-state index in [-0.39, 0.29) is 0 Å². The molecule has 3 rings (SSSR count). The molecule has 1 N–H and O–H groups in total. The smallest absolute Gasteiger partial charge is 0.223 e. The number of benzene rings is 2. The number of hydrogen-bond acceptors (Lipinski definition) is 4. The fourth-order valence-electron chi connectivity index (χ4n) is 2.31. The lowest BCUT2D eigenvalue weighted by molar-refractivity contribution is 0.553. The standard InChI is InChI=1S/C16H14F2N4O2S/c1-11(12-2-4-15(5-3-12)22-10-19-9-20-22)21-25(23,24)16-7-13(17)6-14(18)8-16/h2-11,21H,1H3/t11-/m1/s1. The highest BCUT2D eigenvalue weighted by molar-refractivity contribution is 7.89. The summed E-state index contributed by atoms with van der Waals surface area (Å²) in [6.45, 7) is 1.64. The second-order valence-electron chi connectivity index (χ2n) is 5.38. The van der Waals surface area contributed by atoms with Crippen LogP contribution in [-0.4, -0.2) is 23.2 Å². The van der Waals surface area contributed by atoms with Crippen LogP contribution >= 0.6 is 0 Å². The SMILES string of the molecule is C[C@@H](NS(=O)(=O)c1cc(F)cc(F)c1)c1ccc(-n2cncn2)cc1. The van der Waals surface area contributed by atoms with Crippen molar-refractivity contribution in [1.82, 2.24) is 19.5 Å². The molecule has 0 radical (unpaired) electrons. The number of nitrogens with one attached hydrogen (secondary N) is 1. The van der Waals surface area contributed by atoms with Crippen LogP contribution in [0.2, 0.25) is 0 Å². The predicted octanol–water partition coefficient (Wildman–Crippen LogP) is 2.59. The first-order valence-electron chi connectivity index (χ1n) is 7.28. The zero-order valence-electron chi connectivity index (χ0n) is 13.1. The first kappa shape index (κ1) is 17.2. The Kier molecular flexibility index (Phi) is 4.60. The van der Waals surface area contributed by atoms with Crippen molar-refractivity contribution >= 4 is 10.0 Å². The van der Waals surface area contributed by atoms with Crippen molar-refractivity contribution in [1.29, 1.82) is 0 Å². The fraction of sp³-hybridized carbons (Fsp3) is 0.125. The summed E-state index contributed by atoms with van der Waals surface area (Å²) in [5.41, 5.74) is 1.45. The molecule has 9 heteroatoms. The van der Waals surface area contributed by atoms with Crippen molar-refractivity contribution in [3.8, 4) is 5.69 Å². The average molecular weight is 364 g/mol. The summed E-state index contributed by atoms with van der Waals surface area (Å²) in [4.78, 5) is 3.39. The molecule has 1 heterocycles. The van der Waals surface area contributed by atoms with E-state index in [1.807, 2.05) is 0 Å². The molecular weight excluding hydrogens is 350 g/mol. The van der Waals surface area contributed by atoms with Crippen molar-refractivity contribution in [2.24, 2.45) is 0 Å². The van der Waals surface area contributed by atoms with Crippen LogP contribution in [0.1, 0.15) is 18.5 Å². The van der Waals surface area contributed by atoms with Gasteiger partial charge in [0.2, 0.25) is 10.0 Å². The molecule has 6 nitrogen and oxygen atoms in total. The third kappa shape index (κ3) is 3.89. The molecule has 0 spiro atoms. The Labute approximate surface area is 143 Å². The van der Waals surface area contributed by atoms with Crippen molar-refractivity contribution in [2.45, 2.75) is 17.9 Å². The lowest BCUT2D eigenvalue weighted by Crippen LogP contribution is -2.27. The maximum absolute atomic E-state index is 13.3. The second kappa shape index (κ2) is 6.69. The number of rotatable bonds is 5. The lowest BCUT2D eigenvalue weighted by Gasteiger charge is -2.15. The van der Waals surface area contributed by atoms with Crippen LogP contribution < -0.4 is 4.72 Å². The molecule has 1 aromatic heterocycles. The number of aromatic nitrogens is 3. The molecule has 25 heavy (non-hydrogen) atoms. The van der Waals surface area contributed by atoms with Gasteiger partial charge in [0.1, 0.15) is 24.3 Å². The molecule has 0 unspecified atom stereocenters. The average Bonchev–Trinajstić information content (AvgIpc) is 3.08. The van der Waals surface area contributed by atoms with Crippen molar-refractivity contribution in [2.75, 3.05) is 0 Å². The van der Waals surface area contributed by atoms with Gasteiger partial charge in [-0.2, -0.15) is 5.10 Å². The summed E-state index contributed by atoms with van der Waals surface area (Å²) in [7, 11) is -4.06. The molecule has 0 saturated carbocycles. The Morgan fingerprint density at radius 2 is 1.72 bits per heavy atom. The molecule has 0 saturated heterocycles. The maximum atomic E-state index is 13.3. The van der Waals surface area contributed by atoms with Gasteiger partial charge in [-0.1, -0.05) is 12.1 Å². The van der Waals surface area contributed by atoms with E-state index in [9.17, 15) is 17.2 Å². The van der Waals surface area contributed by atoms with Crippen molar-refractivity contribution in [3.63, 3.8) is 0 Å². The molecule has 0 fully saturated rings.